The number of thiazole rings is 1. The molecule has 0 aromatic carbocycles. The van der Waals surface area contributed by atoms with Gasteiger partial charge in [0.05, 0.1) is 10.4 Å². The lowest BCUT2D eigenvalue weighted by atomic mass is 9.86. The Morgan fingerprint density at radius 3 is 3.06 bits per heavy atom. The van der Waals surface area contributed by atoms with Gasteiger partial charge < -0.3 is 5.73 Å². The summed E-state index contributed by atoms with van der Waals surface area (Å²) >= 11 is 1.58. The second-order valence-corrected chi connectivity index (χ2v) is 5.65. The Balaban J connectivity index is 2.01. The third-order valence-electron chi connectivity index (χ3n) is 3.57. The van der Waals surface area contributed by atoms with Gasteiger partial charge in [-0.3, -0.25) is 4.98 Å². The van der Waals surface area contributed by atoms with Gasteiger partial charge in [-0.15, -0.1) is 11.3 Å². The Morgan fingerprint density at radius 1 is 1.44 bits per heavy atom. The minimum absolute atomic E-state index is 0.592. The van der Waals surface area contributed by atoms with E-state index in [9.17, 15) is 0 Å². The molecule has 4 nitrogen and oxygen atoms in total. The zero-order valence-electron chi connectivity index (χ0n) is 10.4. The maximum Gasteiger partial charge on any atom is 0.171 e. The average Bonchev–Trinajstić information content (AvgIpc) is 2.92. The van der Waals surface area contributed by atoms with Crippen LogP contribution >= 0.6 is 11.3 Å². The first kappa shape index (κ1) is 11.7. The van der Waals surface area contributed by atoms with E-state index in [0.29, 0.717) is 5.92 Å². The van der Waals surface area contributed by atoms with Crippen molar-refractivity contribution in [3.8, 4) is 10.7 Å². The highest BCUT2D eigenvalue weighted by Crippen LogP contribution is 2.28. The van der Waals surface area contributed by atoms with Crippen molar-refractivity contribution in [3.05, 3.63) is 28.7 Å². The van der Waals surface area contributed by atoms with Crippen LogP contribution in [0.2, 0.25) is 0 Å². The molecule has 0 spiro atoms. The quantitative estimate of drug-likeness (QED) is 0.896. The molecule has 1 unspecified atom stereocenters. The Bertz CT molecular complexity index is 550. The number of hydrogen-bond donors (Lipinski definition) is 1. The zero-order valence-corrected chi connectivity index (χ0v) is 11.2. The highest BCUT2D eigenvalue weighted by atomic mass is 32.1. The lowest BCUT2D eigenvalue weighted by Gasteiger charge is -2.24. The summed E-state index contributed by atoms with van der Waals surface area (Å²) in [5, 5.41) is 0. The van der Waals surface area contributed by atoms with Crippen molar-refractivity contribution in [2.45, 2.75) is 26.2 Å². The molecule has 0 radical (unpaired) electrons. The third-order valence-corrected chi connectivity index (χ3v) is 4.34. The summed E-state index contributed by atoms with van der Waals surface area (Å²) in [7, 11) is 0. The van der Waals surface area contributed by atoms with E-state index in [-0.39, 0.29) is 0 Å². The van der Waals surface area contributed by atoms with Gasteiger partial charge in [-0.05, 0) is 44.2 Å². The van der Waals surface area contributed by atoms with E-state index in [4.69, 9.17) is 10.7 Å². The van der Waals surface area contributed by atoms with Crippen LogP contribution in [0.1, 0.15) is 23.4 Å². The van der Waals surface area contributed by atoms with E-state index in [1.165, 1.54) is 11.3 Å². The fourth-order valence-corrected chi connectivity index (χ4v) is 3.05. The predicted molar refractivity (Wildman–Crippen MR) is 72.4 cm³/mol. The molecule has 3 rings (SSSR count). The van der Waals surface area contributed by atoms with Gasteiger partial charge in [0, 0.05) is 17.6 Å². The lowest BCUT2D eigenvalue weighted by molar-refractivity contribution is 0.460. The molecule has 1 aliphatic rings. The molecule has 18 heavy (non-hydrogen) atoms. The maximum atomic E-state index is 5.77. The van der Waals surface area contributed by atoms with Gasteiger partial charge >= 0.3 is 0 Å². The van der Waals surface area contributed by atoms with Gasteiger partial charge in [-0.2, -0.15) is 0 Å². The minimum Gasteiger partial charge on any atom is -0.330 e. The summed E-state index contributed by atoms with van der Waals surface area (Å²) in [5.41, 5.74) is 11.2. The molecule has 0 saturated heterocycles. The van der Waals surface area contributed by atoms with E-state index in [0.717, 1.165) is 42.2 Å². The number of fused-ring (bicyclic) bond motifs is 1. The van der Waals surface area contributed by atoms with Crippen molar-refractivity contribution in [1.82, 2.24) is 15.0 Å². The van der Waals surface area contributed by atoms with Gasteiger partial charge in [0.25, 0.3) is 0 Å². The van der Waals surface area contributed by atoms with Crippen molar-refractivity contribution in [2.24, 2.45) is 11.7 Å². The number of nitrogens with two attached hydrogens (primary N) is 1. The van der Waals surface area contributed by atoms with E-state index in [1.54, 1.807) is 11.3 Å². The van der Waals surface area contributed by atoms with Crippen molar-refractivity contribution in [1.29, 1.82) is 0 Å². The Hall–Kier alpha value is -1.33. The van der Waals surface area contributed by atoms with Crippen LogP contribution in [0.4, 0.5) is 0 Å². The topological polar surface area (TPSA) is 64.7 Å². The Morgan fingerprint density at radius 2 is 2.33 bits per heavy atom. The molecule has 1 aliphatic carbocycles. The van der Waals surface area contributed by atoms with Gasteiger partial charge in [-0.1, -0.05) is 0 Å². The van der Waals surface area contributed by atoms with Gasteiger partial charge in [0.15, 0.2) is 5.82 Å². The standard InChI is InChI=1S/C13H16N4S/c1-8-10-4-9(5-14)2-3-11(10)17-13(16-8)12-6-15-7-18-12/h6-7,9H,2-5,14H2,1H3. The molecule has 5 heteroatoms. The van der Waals surface area contributed by atoms with Crippen molar-refractivity contribution in [2.75, 3.05) is 6.54 Å². The number of aromatic nitrogens is 3. The molecule has 0 fully saturated rings. The SMILES string of the molecule is Cc1nc(-c2cncs2)nc2c1CC(CN)CC2. The molecule has 2 aromatic rings. The molecule has 1 atom stereocenters. The third kappa shape index (κ3) is 2.04. The van der Waals surface area contributed by atoms with Crippen molar-refractivity contribution in [3.63, 3.8) is 0 Å². The monoisotopic (exact) mass is 260 g/mol. The number of aryl methyl sites for hydroxylation is 2. The van der Waals surface area contributed by atoms with Crippen LogP contribution in [0.3, 0.4) is 0 Å². The van der Waals surface area contributed by atoms with Crippen LogP contribution in [0.5, 0.6) is 0 Å². The highest BCUT2D eigenvalue weighted by Gasteiger charge is 2.22. The molecule has 0 amide bonds. The Labute approximate surface area is 110 Å². The van der Waals surface area contributed by atoms with E-state index in [2.05, 4.69) is 16.9 Å². The number of rotatable bonds is 2. The summed E-state index contributed by atoms with van der Waals surface area (Å²) in [6, 6.07) is 0. The first-order valence-corrected chi connectivity index (χ1v) is 7.11. The molecule has 94 valence electrons. The second-order valence-electron chi connectivity index (χ2n) is 4.77. The molecule has 0 bridgehead atoms. The van der Waals surface area contributed by atoms with Crippen LogP contribution < -0.4 is 5.73 Å². The lowest BCUT2D eigenvalue weighted by Crippen LogP contribution is -2.24. The molecular formula is C13H16N4S. The summed E-state index contributed by atoms with van der Waals surface area (Å²) in [6.45, 7) is 2.83. The normalized spacial score (nSPS) is 18.7. The van der Waals surface area contributed by atoms with Gasteiger partial charge in [-0.25, -0.2) is 9.97 Å². The van der Waals surface area contributed by atoms with Crippen molar-refractivity contribution < 1.29 is 0 Å². The maximum absolute atomic E-state index is 5.77. The summed E-state index contributed by atoms with van der Waals surface area (Å²) in [4.78, 5) is 14.5. The Kier molecular flexibility index (Phi) is 3.09. The first-order valence-electron chi connectivity index (χ1n) is 6.23. The molecule has 2 aromatic heterocycles. The smallest absolute Gasteiger partial charge is 0.171 e. The summed E-state index contributed by atoms with van der Waals surface area (Å²) < 4.78 is 0. The van der Waals surface area contributed by atoms with Crippen molar-refractivity contribution >= 4 is 11.3 Å². The van der Waals surface area contributed by atoms with Gasteiger partial charge in [0.1, 0.15) is 0 Å². The second kappa shape index (κ2) is 4.74. The predicted octanol–water partition coefficient (Wildman–Crippen LogP) is 1.97. The van der Waals surface area contributed by atoms with Gasteiger partial charge in [0.2, 0.25) is 0 Å². The van der Waals surface area contributed by atoms with Crippen LogP contribution in [-0.2, 0) is 12.8 Å². The molecule has 2 N–H and O–H groups in total. The van der Waals surface area contributed by atoms with E-state index in [1.807, 2.05) is 11.7 Å². The average molecular weight is 260 g/mol. The largest absolute Gasteiger partial charge is 0.330 e. The molecule has 0 aliphatic heterocycles. The van der Waals surface area contributed by atoms with Crippen LogP contribution in [0.25, 0.3) is 10.7 Å². The fraction of sp³-hybridized carbons (Fsp3) is 0.462. The number of hydrogen-bond acceptors (Lipinski definition) is 5. The fourth-order valence-electron chi connectivity index (χ4n) is 2.50. The minimum atomic E-state index is 0.592. The highest BCUT2D eigenvalue weighted by molar-refractivity contribution is 7.13. The molecule has 0 saturated carbocycles. The van der Waals surface area contributed by atoms with Crippen LogP contribution in [-0.4, -0.2) is 21.5 Å². The van der Waals surface area contributed by atoms with Crippen LogP contribution in [0.15, 0.2) is 11.7 Å². The van der Waals surface area contributed by atoms with Crippen LogP contribution in [0, 0.1) is 12.8 Å². The number of nitrogens with zero attached hydrogens (tertiary/aromatic N) is 3. The van der Waals surface area contributed by atoms with E-state index >= 15 is 0 Å². The summed E-state index contributed by atoms with van der Waals surface area (Å²) in [6.07, 6.45) is 5.02. The molecular weight excluding hydrogens is 244 g/mol. The zero-order chi connectivity index (χ0) is 12.5. The van der Waals surface area contributed by atoms with E-state index < -0.39 is 0 Å². The summed E-state index contributed by atoms with van der Waals surface area (Å²) in [5.74, 6) is 1.41. The molecule has 2 heterocycles. The first-order chi connectivity index (χ1) is 8.78.